The van der Waals surface area contributed by atoms with Gasteiger partial charge in [-0.2, -0.15) is 0 Å². The van der Waals surface area contributed by atoms with Crippen LogP contribution in [0, 0.1) is 0 Å². The van der Waals surface area contributed by atoms with E-state index in [4.69, 9.17) is 19.0 Å². The molecule has 0 amide bonds. The summed E-state index contributed by atoms with van der Waals surface area (Å²) in [4.78, 5) is 17.3. The molecule has 0 spiro atoms. The first-order chi connectivity index (χ1) is 19.6. The molecular formula is C33H34N2O5. The summed E-state index contributed by atoms with van der Waals surface area (Å²) in [6, 6.07) is 34.8. The number of nitrogens with zero attached hydrogens (tertiary/aromatic N) is 1. The van der Waals surface area contributed by atoms with Crippen molar-refractivity contribution in [3.05, 3.63) is 131 Å². The van der Waals surface area contributed by atoms with Gasteiger partial charge in [0, 0.05) is 11.6 Å². The van der Waals surface area contributed by atoms with Crippen molar-refractivity contribution in [2.24, 2.45) is 5.16 Å². The number of carbonyl (C=O) groups excluding carboxylic acids is 1. The zero-order chi connectivity index (χ0) is 28.0. The minimum absolute atomic E-state index is 0.152. The summed E-state index contributed by atoms with van der Waals surface area (Å²) in [7, 11) is 3.36. The van der Waals surface area contributed by atoms with Gasteiger partial charge in [-0.05, 0) is 48.0 Å². The molecule has 7 nitrogen and oxygen atoms in total. The lowest BCUT2D eigenvalue weighted by Gasteiger charge is -2.17. The van der Waals surface area contributed by atoms with Crippen LogP contribution in [-0.2, 0) is 27.6 Å². The van der Waals surface area contributed by atoms with Gasteiger partial charge in [-0.1, -0.05) is 90.1 Å². The van der Waals surface area contributed by atoms with Gasteiger partial charge in [0.05, 0.1) is 6.42 Å². The van der Waals surface area contributed by atoms with Crippen molar-refractivity contribution in [1.82, 2.24) is 5.32 Å². The molecule has 4 aromatic carbocycles. The van der Waals surface area contributed by atoms with Crippen molar-refractivity contribution >= 4 is 11.7 Å². The standard InChI is InChI=1S/C33H34N2O5/c1-34-31(21-33(36)40-23-25-9-5-3-6-10-25)28-15-19-30(20-16-28)38-22-26-13-17-29(18-14-26)39-24-32(35-37-2)27-11-7-4-8-12-27/h3-20,31,34H,21-24H2,1-2H3/b35-32+. The van der Waals surface area contributed by atoms with Gasteiger partial charge >= 0.3 is 5.97 Å². The highest BCUT2D eigenvalue weighted by molar-refractivity contribution is 6.01. The Morgan fingerprint density at radius 1 is 0.750 bits per heavy atom. The minimum Gasteiger partial charge on any atom is -0.489 e. The molecule has 206 valence electrons. The number of hydrogen-bond donors (Lipinski definition) is 1. The van der Waals surface area contributed by atoms with E-state index in [-0.39, 0.29) is 25.0 Å². The lowest BCUT2D eigenvalue weighted by atomic mass is 10.0. The van der Waals surface area contributed by atoms with E-state index in [1.54, 1.807) is 0 Å². The monoisotopic (exact) mass is 538 g/mol. The first-order valence-corrected chi connectivity index (χ1v) is 13.1. The molecule has 0 radical (unpaired) electrons. The van der Waals surface area contributed by atoms with E-state index in [0.29, 0.717) is 18.9 Å². The molecule has 0 aliphatic rings. The summed E-state index contributed by atoms with van der Waals surface area (Å²) >= 11 is 0. The van der Waals surface area contributed by atoms with Gasteiger partial charge in [0.25, 0.3) is 0 Å². The number of carbonyl (C=O) groups is 1. The Hall–Kier alpha value is -4.62. The van der Waals surface area contributed by atoms with E-state index < -0.39 is 0 Å². The van der Waals surface area contributed by atoms with Crippen LogP contribution in [0.15, 0.2) is 114 Å². The summed E-state index contributed by atoms with van der Waals surface area (Å²) in [5.41, 5.74) is 4.63. The number of rotatable bonds is 14. The Kier molecular flexibility index (Phi) is 10.7. The van der Waals surface area contributed by atoms with E-state index in [2.05, 4.69) is 10.5 Å². The molecule has 40 heavy (non-hydrogen) atoms. The normalized spacial score (nSPS) is 11.9. The molecule has 4 aromatic rings. The molecule has 0 heterocycles. The Bertz CT molecular complexity index is 1340. The number of benzene rings is 4. The van der Waals surface area contributed by atoms with Crippen LogP contribution in [0.1, 0.15) is 34.7 Å². The first kappa shape index (κ1) is 28.4. The van der Waals surface area contributed by atoms with Crippen molar-refractivity contribution in [1.29, 1.82) is 0 Å². The topological polar surface area (TPSA) is 78.4 Å². The van der Waals surface area contributed by atoms with Crippen LogP contribution in [0.4, 0.5) is 0 Å². The molecule has 1 atom stereocenters. The highest BCUT2D eigenvalue weighted by Crippen LogP contribution is 2.22. The van der Waals surface area contributed by atoms with Crippen molar-refractivity contribution in [2.45, 2.75) is 25.7 Å². The van der Waals surface area contributed by atoms with Crippen LogP contribution in [0.25, 0.3) is 0 Å². The lowest BCUT2D eigenvalue weighted by molar-refractivity contribution is -0.145. The van der Waals surface area contributed by atoms with E-state index in [1.807, 2.05) is 116 Å². The van der Waals surface area contributed by atoms with Crippen LogP contribution in [0.2, 0.25) is 0 Å². The highest BCUT2D eigenvalue weighted by Gasteiger charge is 2.16. The maximum Gasteiger partial charge on any atom is 0.308 e. The molecular weight excluding hydrogens is 504 g/mol. The SMILES string of the molecule is CNC(CC(=O)OCc1ccccc1)c1ccc(OCc2ccc(OC/C(=N\OC)c3ccccc3)cc2)cc1. The first-order valence-electron chi connectivity index (χ1n) is 13.1. The molecule has 0 fully saturated rings. The molecule has 0 bridgehead atoms. The average molecular weight is 539 g/mol. The summed E-state index contributed by atoms with van der Waals surface area (Å²) in [5.74, 6) is 1.22. The van der Waals surface area contributed by atoms with E-state index in [1.165, 1.54) is 7.11 Å². The Balaban J connectivity index is 1.24. The molecule has 1 N–H and O–H groups in total. The minimum atomic E-state index is -0.252. The predicted molar refractivity (Wildman–Crippen MR) is 155 cm³/mol. The average Bonchev–Trinajstić information content (AvgIpc) is 3.01. The Morgan fingerprint density at radius 3 is 2.00 bits per heavy atom. The summed E-state index contributed by atoms with van der Waals surface area (Å²) in [5, 5.41) is 7.29. The largest absolute Gasteiger partial charge is 0.489 e. The number of nitrogens with one attached hydrogen (secondary N) is 1. The van der Waals surface area contributed by atoms with Gasteiger partial charge in [0.1, 0.15) is 44.1 Å². The fraction of sp³-hybridized carbons (Fsp3) is 0.212. The van der Waals surface area contributed by atoms with E-state index in [0.717, 1.165) is 33.8 Å². The number of ether oxygens (including phenoxy) is 3. The van der Waals surface area contributed by atoms with Gasteiger partial charge in [-0.15, -0.1) is 0 Å². The predicted octanol–water partition coefficient (Wildman–Crippen LogP) is 6.09. The third kappa shape index (κ3) is 8.71. The fourth-order valence-electron chi connectivity index (χ4n) is 4.05. The number of esters is 1. The maximum atomic E-state index is 12.4. The van der Waals surface area contributed by atoms with E-state index >= 15 is 0 Å². The maximum absolute atomic E-state index is 12.4. The zero-order valence-electron chi connectivity index (χ0n) is 22.8. The summed E-state index contributed by atoms with van der Waals surface area (Å²) < 4.78 is 17.3. The van der Waals surface area contributed by atoms with Gasteiger partial charge in [0.15, 0.2) is 0 Å². The van der Waals surface area contributed by atoms with Crippen LogP contribution < -0.4 is 14.8 Å². The van der Waals surface area contributed by atoms with Gasteiger partial charge in [-0.3, -0.25) is 4.79 Å². The lowest BCUT2D eigenvalue weighted by Crippen LogP contribution is -2.21. The Morgan fingerprint density at radius 2 is 1.35 bits per heavy atom. The molecule has 0 saturated carbocycles. The van der Waals surface area contributed by atoms with Gasteiger partial charge < -0.3 is 24.4 Å². The molecule has 1 unspecified atom stereocenters. The van der Waals surface area contributed by atoms with Crippen molar-refractivity contribution in [3.8, 4) is 11.5 Å². The van der Waals surface area contributed by atoms with Gasteiger partial charge in [-0.25, -0.2) is 0 Å². The van der Waals surface area contributed by atoms with Crippen molar-refractivity contribution in [3.63, 3.8) is 0 Å². The Labute approximate surface area is 235 Å². The number of hydrogen-bond acceptors (Lipinski definition) is 7. The molecule has 0 aliphatic heterocycles. The van der Waals surface area contributed by atoms with Crippen molar-refractivity contribution in [2.75, 3.05) is 20.8 Å². The second kappa shape index (κ2) is 15.1. The fourth-order valence-corrected chi connectivity index (χ4v) is 4.05. The molecule has 0 saturated heterocycles. The van der Waals surface area contributed by atoms with Gasteiger partial charge in [0.2, 0.25) is 0 Å². The third-order valence-electron chi connectivity index (χ3n) is 6.26. The van der Waals surface area contributed by atoms with Crippen LogP contribution in [0.3, 0.4) is 0 Å². The summed E-state index contributed by atoms with van der Waals surface area (Å²) in [6.07, 6.45) is 0.238. The molecule has 7 heteroatoms. The number of oxime groups is 1. The van der Waals surface area contributed by atoms with E-state index in [9.17, 15) is 4.79 Å². The van der Waals surface area contributed by atoms with Crippen molar-refractivity contribution < 1.29 is 23.8 Å². The zero-order valence-corrected chi connectivity index (χ0v) is 22.8. The smallest absolute Gasteiger partial charge is 0.308 e. The second-order valence-electron chi connectivity index (χ2n) is 9.07. The molecule has 0 aromatic heterocycles. The quantitative estimate of drug-likeness (QED) is 0.119. The van der Waals surface area contributed by atoms with Crippen LogP contribution >= 0.6 is 0 Å². The summed E-state index contributed by atoms with van der Waals surface area (Å²) in [6.45, 7) is 0.979. The molecule has 0 aliphatic carbocycles. The molecule has 4 rings (SSSR count). The van der Waals surface area contributed by atoms with Crippen LogP contribution in [-0.4, -0.2) is 32.4 Å². The third-order valence-corrected chi connectivity index (χ3v) is 6.26. The highest BCUT2D eigenvalue weighted by atomic mass is 16.6. The second-order valence-corrected chi connectivity index (χ2v) is 9.07. The van der Waals surface area contributed by atoms with Crippen LogP contribution in [0.5, 0.6) is 11.5 Å².